The molecule has 1 atom stereocenters. The Morgan fingerprint density at radius 2 is 1.61 bits per heavy atom. The van der Waals surface area contributed by atoms with Crippen molar-refractivity contribution >= 4 is 0 Å². The molecule has 0 bridgehead atoms. The van der Waals surface area contributed by atoms with Gasteiger partial charge in [0.1, 0.15) is 0 Å². The molecule has 0 aromatic heterocycles. The molecule has 0 amide bonds. The van der Waals surface area contributed by atoms with Gasteiger partial charge in [0.25, 0.3) is 0 Å². The Balaban J connectivity index is 2.45. The molecule has 23 heavy (non-hydrogen) atoms. The van der Waals surface area contributed by atoms with Gasteiger partial charge in [-0.25, -0.2) is 0 Å². The molecular weight excluding hydrogens is 282 g/mol. The van der Waals surface area contributed by atoms with Gasteiger partial charge in [-0.05, 0) is 37.7 Å². The minimum atomic E-state index is 0.733. The van der Waals surface area contributed by atoms with E-state index in [0.717, 1.165) is 5.92 Å². The lowest BCUT2D eigenvalue weighted by Gasteiger charge is -2.26. The summed E-state index contributed by atoms with van der Waals surface area (Å²) < 4.78 is 0. The quantitative estimate of drug-likeness (QED) is 0.414. The van der Waals surface area contributed by atoms with Gasteiger partial charge in [-0.15, -0.1) is 0 Å². The monoisotopic (exact) mass is 324 g/mol. The van der Waals surface area contributed by atoms with Crippen molar-refractivity contribution in [1.29, 1.82) is 0 Å². The lowest BCUT2D eigenvalue weighted by atomic mass is 9.85. The molecule has 0 aromatic carbocycles. The van der Waals surface area contributed by atoms with Crippen molar-refractivity contribution in [3.8, 4) is 0 Å². The van der Waals surface area contributed by atoms with Crippen LogP contribution in [0.2, 0.25) is 0 Å². The molecule has 0 saturated carbocycles. The molecule has 0 aromatic rings. The summed E-state index contributed by atoms with van der Waals surface area (Å²) in [6, 6.07) is 0. The number of allylic oxidation sites excluding steroid dienone is 2. The minimum absolute atomic E-state index is 0.733. The average molecular weight is 325 g/mol. The Morgan fingerprint density at radius 1 is 1.04 bits per heavy atom. The van der Waals surface area contributed by atoms with Crippen LogP contribution in [0, 0.1) is 5.92 Å². The van der Waals surface area contributed by atoms with Crippen LogP contribution < -0.4 is 14.7 Å². The second-order valence-electron chi connectivity index (χ2n) is 8.23. The maximum absolute atomic E-state index is 4.14. The van der Waals surface area contributed by atoms with Crippen molar-refractivity contribution < 1.29 is 14.7 Å². The maximum atomic E-state index is 4.14. The smallest absolute Gasteiger partial charge is 0.0987 e. The second-order valence-corrected chi connectivity index (χ2v) is 8.23. The summed E-state index contributed by atoms with van der Waals surface area (Å²) in [5, 5.41) is 0. The van der Waals surface area contributed by atoms with Crippen LogP contribution in [0.15, 0.2) is 23.8 Å². The van der Waals surface area contributed by atoms with Crippen LogP contribution in [0.25, 0.3) is 0 Å². The maximum Gasteiger partial charge on any atom is 0.0987 e. The molecule has 1 aliphatic rings. The van der Waals surface area contributed by atoms with Crippen molar-refractivity contribution in [2.75, 3.05) is 60.9 Å². The molecule has 0 saturated heterocycles. The first-order valence-electron chi connectivity index (χ1n) is 9.63. The summed E-state index contributed by atoms with van der Waals surface area (Å²) in [5.74, 6) is 0.733. The number of hydrogen-bond acceptors (Lipinski definition) is 0. The first-order chi connectivity index (χ1) is 10.9. The molecule has 3 N–H and O–H groups in total. The normalized spacial score (nSPS) is 18.8. The van der Waals surface area contributed by atoms with Crippen molar-refractivity contribution in [2.24, 2.45) is 5.92 Å². The van der Waals surface area contributed by atoms with Crippen LogP contribution in [-0.2, 0) is 0 Å². The van der Waals surface area contributed by atoms with Crippen LogP contribution in [0.5, 0.6) is 0 Å². The molecular formula is C20H42N3+3. The molecule has 0 heterocycles. The van der Waals surface area contributed by atoms with E-state index in [-0.39, 0.29) is 0 Å². The highest BCUT2D eigenvalue weighted by Crippen LogP contribution is 2.27. The predicted molar refractivity (Wildman–Crippen MR) is 100 cm³/mol. The number of rotatable bonds is 11. The van der Waals surface area contributed by atoms with Crippen molar-refractivity contribution in [3.05, 3.63) is 23.8 Å². The van der Waals surface area contributed by atoms with Crippen LogP contribution in [0.3, 0.4) is 0 Å². The molecule has 0 fully saturated rings. The van der Waals surface area contributed by atoms with E-state index in [1.807, 2.05) is 0 Å². The molecule has 0 aliphatic heterocycles. The molecule has 0 radical (unpaired) electrons. The Hall–Kier alpha value is -0.640. The van der Waals surface area contributed by atoms with E-state index < -0.39 is 0 Å². The van der Waals surface area contributed by atoms with Crippen LogP contribution in [0.4, 0.5) is 0 Å². The van der Waals surface area contributed by atoms with Crippen molar-refractivity contribution in [3.63, 3.8) is 0 Å². The van der Waals surface area contributed by atoms with Gasteiger partial charge in [-0.1, -0.05) is 18.2 Å². The number of hydrogen-bond donors (Lipinski definition) is 3. The average Bonchev–Trinajstić information content (AvgIpc) is 2.46. The van der Waals surface area contributed by atoms with E-state index in [1.165, 1.54) is 70.4 Å². The number of quaternary nitrogens is 3. The van der Waals surface area contributed by atoms with E-state index in [2.05, 4.69) is 47.8 Å². The summed E-state index contributed by atoms with van der Waals surface area (Å²) in [7, 11) is 9.04. The summed E-state index contributed by atoms with van der Waals surface area (Å²) in [4.78, 5) is 4.94. The molecule has 3 nitrogen and oxygen atoms in total. The third-order valence-electron chi connectivity index (χ3n) is 5.09. The second kappa shape index (κ2) is 11.0. The predicted octanol–water partition coefficient (Wildman–Crippen LogP) is -0.757. The van der Waals surface area contributed by atoms with Gasteiger partial charge < -0.3 is 14.7 Å². The zero-order chi connectivity index (χ0) is 17.2. The summed E-state index contributed by atoms with van der Waals surface area (Å²) in [6.07, 6.45) is 9.04. The molecule has 1 rings (SSSR count). The fourth-order valence-corrected chi connectivity index (χ4v) is 3.50. The van der Waals surface area contributed by atoms with E-state index >= 15 is 0 Å². The van der Waals surface area contributed by atoms with Gasteiger partial charge in [-0.3, -0.25) is 0 Å². The fourth-order valence-electron chi connectivity index (χ4n) is 3.50. The molecule has 3 heteroatoms. The Bertz CT molecular complexity index is 357. The lowest BCUT2D eigenvalue weighted by molar-refractivity contribution is -0.910. The van der Waals surface area contributed by atoms with E-state index in [4.69, 9.17) is 0 Å². The Morgan fingerprint density at radius 3 is 2.00 bits per heavy atom. The zero-order valence-electron chi connectivity index (χ0n) is 16.4. The first-order valence-corrected chi connectivity index (χ1v) is 9.63. The molecule has 0 spiro atoms. The van der Waals surface area contributed by atoms with Crippen LogP contribution in [0.1, 0.15) is 39.0 Å². The van der Waals surface area contributed by atoms with Gasteiger partial charge in [0.15, 0.2) is 0 Å². The SMILES string of the molecule is C=C(C)[C@@H]1CC=C(C[NH+](CCC[NH+](C)C)CCC[NH+](C)C)CC1. The topological polar surface area (TPSA) is 13.3 Å². The van der Waals surface area contributed by atoms with Gasteiger partial charge in [0.2, 0.25) is 0 Å². The zero-order valence-corrected chi connectivity index (χ0v) is 16.4. The van der Waals surface area contributed by atoms with Crippen molar-refractivity contribution in [2.45, 2.75) is 39.0 Å². The molecule has 134 valence electrons. The van der Waals surface area contributed by atoms with Crippen molar-refractivity contribution in [1.82, 2.24) is 0 Å². The largest absolute Gasteiger partial charge is 0.340 e. The highest BCUT2D eigenvalue weighted by Gasteiger charge is 2.18. The van der Waals surface area contributed by atoms with Crippen LogP contribution >= 0.6 is 0 Å². The standard InChI is InChI=1S/C20H39N3/c1-18(2)20-11-9-19(10-12-20)17-23(15-7-13-21(3)4)16-8-14-22(5)6/h9,20H,1,7-8,10-17H2,2-6H3/p+3/t20-/m1/s1. The van der Waals surface area contributed by atoms with Gasteiger partial charge in [0.05, 0.1) is 60.9 Å². The highest BCUT2D eigenvalue weighted by atomic mass is 15.1. The molecule has 0 unspecified atom stereocenters. The molecule has 1 aliphatic carbocycles. The van der Waals surface area contributed by atoms with E-state index in [9.17, 15) is 0 Å². The Kier molecular flexibility index (Phi) is 9.77. The highest BCUT2D eigenvalue weighted by molar-refractivity contribution is 5.12. The summed E-state index contributed by atoms with van der Waals surface area (Å²) >= 11 is 0. The third kappa shape index (κ3) is 9.29. The first kappa shape index (κ1) is 20.4. The van der Waals surface area contributed by atoms with E-state index in [0.29, 0.717) is 0 Å². The van der Waals surface area contributed by atoms with E-state index in [1.54, 1.807) is 20.3 Å². The van der Waals surface area contributed by atoms with Gasteiger partial charge in [-0.2, -0.15) is 0 Å². The number of nitrogens with one attached hydrogen (secondary N) is 3. The third-order valence-corrected chi connectivity index (χ3v) is 5.09. The summed E-state index contributed by atoms with van der Waals surface area (Å²) in [6.45, 7) is 12.8. The Labute approximate surface area is 145 Å². The summed E-state index contributed by atoms with van der Waals surface area (Å²) in [5.41, 5.74) is 3.07. The van der Waals surface area contributed by atoms with Gasteiger partial charge in [0, 0.05) is 12.8 Å². The fraction of sp³-hybridized carbons (Fsp3) is 0.800. The minimum Gasteiger partial charge on any atom is -0.340 e. The lowest BCUT2D eigenvalue weighted by Crippen LogP contribution is -3.14. The van der Waals surface area contributed by atoms with Gasteiger partial charge >= 0.3 is 0 Å². The van der Waals surface area contributed by atoms with Crippen LogP contribution in [-0.4, -0.2) is 60.9 Å².